The molecule has 0 spiro atoms. The van der Waals surface area contributed by atoms with Gasteiger partial charge in [-0.2, -0.15) is 0 Å². The first-order chi connectivity index (χ1) is 6.27. The Hall–Kier alpha value is -0.0900. The summed E-state index contributed by atoms with van der Waals surface area (Å²) >= 11 is 0. The molecule has 1 N–H and O–H groups in total. The van der Waals surface area contributed by atoms with Crippen LogP contribution in [0.25, 0.3) is 0 Å². The summed E-state index contributed by atoms with van der Waals surface area (Å²) in [7, 11) is 0. The number of hydrogen-bond acceptors (Lipinski definition) is 2. The average molecular weight is 264 g/mol. The molecule has 0 radical (unpaired) electrons. The van der Waals surface area contributed by atoms with Crippen molar-refractivity contribution in [2.24, 2.45) is 5.41 Å². The summed E-state index contributed by atoms with van der Waals surface area (Å²) in [6.45, 7) is 5.91. The van der Waals surface area contributed by atoms with Crippen LogP contribution in [0.3, 0.4) is 0 Å². The summed E-state index contributed by atoms with van der Waals surface area (Å²) in [6.07, 6.45) is 3.13. The molecule has 3 saturated heterocycles. The highest BCUT2D eigenvalue weighted by Crippen LogP contribution is 2.35. The summed E-state index contributed by atoms with van der Waals surface area (Å²) in [6, 6.07) is 0. The van der Waals surface area contributed by atoms with Crippen LogP contribution in [0.2, 0.25) is 0 Å². The van der Waals surface area contributed by atoms with Crippen LogP contribution in [-0.2, 0) is 9.53 Å². The van der Waals surface area contributed by atoms with Gasteiger partial charge in [-0.1, -0.05) is 0 Å². The molecule has 4 heteroatoms. The molecule has 3 aliphatic heterocycles. The number of nitrogens with one attached hydrogen (secondary N) is 1. The number of quaternary nitrogens is 1. The van der Waals surface area contributed by atoms with Gasteiger partial charge in [0.2, 0.25) is 0 Å². The molecule has 0 unspecified atom stereocenters. The number of fused-ring (bicyclic) bond motifs is 3. The van der Waals surface area contributed by atoms with E-state index in [-0.39, 0.29) is 28.4 Å². The van der Waals surface area contributed by atoms with Gasteiger partial charge in [0.15, 0.2) is 0 Å². The lowest BCUT2D eigenvalue weighted by Gasteiger charge is -2.43. The van der Waals surface area contributed by atoms with Gasteiger partial charge >= 0.3 is 5.97 Å². The van der Waals surface area contributed by atoms with E-state index in [2.05, 4.69) is 0 Å². The number of carbonyl (C=O) groups excluding carboxylic acids is 1. The molecule has 0 aromatic heterocycles. The van der Waals surface area contributed by atoms with Gasteiger partial charge in [0.25, 0.3) is 0 Å². The van der Waals surface area contributed by atoms with E-state index < -0.39 is 0 Å². The SMILES string of the molecule is CCOC(=O)C12CC[NH+](CC1)CC2.[Br-]. The van der Waals surface area contributed by atoms with Crippen molar-refractivity contribution in [2.45, 2.75) is 26.2 Å². The summed E-state index contributed by atoms with van der Waals surface area (Å²) in [4.78, 5) is 13.4. The summed E-state index contributed by atoms with van der Waals surface area (Å²) in [5.74, 6) is 0.0637. The van der Waals surface area contributed by atoms with Crippen molar-refractivity contribution in [3.63, 3.8) is 0 Å². The molecule has 3 fully saturated rings. The third-order valence-electron chi connectivity index (χ3n) is 3.58. The van der Waals surface area contributed by atoms with E-state index in [1.165, 1.54) is 19.6 Å². The maximum atomic E-state index is 11.7. The first kappa shape index (κ1) is 12.0. The Bertz CT molecular complexity index is 198. The van der Waals surface area contributed by atoms with Crippen molar-refractivity contribution < 1.29 is 31.4 Å². The van der Waals surface area contributed by atoms with E-state index in [0.717, 1.165) is 19.3 Å². The number of hydrogen-bond donors (Lipinski definition) is 1. The molecule has 2 bridgehead atoms. The third kappa shape index (κ3) is 1.96. The first-order valence-corrected chi connectivity index (χ1v) is 5.28. The van der Waals surface area contributed by atoms with Gasteiger partial charge in [-0.15, -0.1) is 0 Å². The smallest absolute Gasteiger partial charge is 0.312 e. The van der Waals surface area contributed by atoms with E-state index in [0.29, 0.717) is 6.61 Å². The second-order valence-electron chi connectivity index (χ2n) is 4.25. The molecule has 0 atom stereocenters. The molecule has 3 rings (SSSR count). The lowest BCUT2D eigenvalue weighted by Crippen LogP contribution is -3.15. The van der Waals surface area contributed by atoms with Gasteiger partial charge in [0, 0.05) is 19.3 Å². The highest BCUT2D eigenvalue weighted by Gasteiger charge is 2.48. The largest absolute Gasteiger partial charge is 1.00 e. The van der Waals surface area contributed by atoms with Crippen molar-refractivity contribution >= 4 is 5.97 Å². The molecule has 82 valence electrons. The van der Waals surface area contributed by atoms with E-state index in [1.54, 1.807) is 4.90 Å². The van der Waals surface area contributed by atoms with Crippen LogP contribution in [-0.4, -0.2) is 32.2 Å². The molecule has 3 aliphatic rings. The summed E-state index contributed by atoms with van der Waals surface area (Å²) in [5, 5.41) is 0. The molecule has 3 heterocycles. The average Bonchev–Trinajstić information content (AvgIpc) is 2.21. The fraction of sp³-hybridized carbons (Fsp3) is 0.900. The molecule has 0 aromatic carbocycles. The van der Waals surface area contributed by atoms with Crippen LogP contribution in [0, 0.1) is 5.41 Å². The van der Waals surface area contributed by atoms with Crippen molar-refractivity contribution in [1.82, 2.24) is 0 Å². The van der Waals surface area contributed by atoms with Crippen LogP contribution in [0.5, 0.6) is 0 Å². The molecule has 14 heavy (non-hydrogen) atoms. The minimum atomic E-state index is -0.0856. The predicted molar refractivity (Wildman–Crippen MR) is 48.5 cm³/mol. The summed E-state index contributed by atoms with van der Waals surface area (Å²) in [5.41, 5.74) is -0.0856. The van der Waals surface area contributed by atoms with Crippen LogP contribution in [0.4, 0.5) is 0 Å². The molecule has 0 saturated carbocycles. The Morgan fingerprint density at radius 2 is 1.79 bits per heavy atom. The maximum Gasteiger partial charge on any atom is 0.312 e. The zero-order valence-corrected chi connectivity index (χ0v) is 10.2. The highest BCUT2D eigenvalue weighted by atomic mass is 79.9. The van der Waals surface area contributed by atoms with Crippen LogP contribution < -0.4 is 21.9 Å². The zero-order chi connectivity index (χ0) is 9.31. The standard InChI is InChI=1S/C10H17NO2.BrH/c1-2-13-9(12)10-3-6-11(7-4-10)8-5-10;/h2-8H2,1H3;1H. The van der Waals surface area contributed by atoms with E-state index >= 15 is 0 Å². The topological polar surface area (TPSA) is 30.7 Å². The van der Waals surface area contributed by atoms with Gasteiger partial charge in [-0.25, -0.2) is 0 Å². The van der Waals surface area contributed by atoms with Crippen molar-refractivity contribution in [1.29, 1.82) is 0 Å². The van der Waals surface area contributed by atoms with Crippen LogP contribution >= 0.6 is 0 Å². The fourth-order valence-corrected chi connectivity index (χ4v) is 2.59. The Morgan fingerprint density at radius 1 is 1.29 bits per heavy atom. The second-order valence-corrected chi connectivity index (χ2v) is 4.25. The predicted octanol–water partition coefficient (Wildman–Crippen LogP) is -3.38. The Balaban J connectivity index is 0.000000980. The maximum absolute atomic E-state index is 11.7. The highest BCUT2D eigenvalue weighted by molar-refractivity contribution is 5.77. The van der Waals surface area contributed by atoms with E-state index in [9.17, 15) is 4.79 Å². The Morgan fingerprint density at radius 3 is 2.21 bits per heavy atom. The van der Waals surface area contributed by atoms with Gasteiger partial charge in [0.05, 0.1) is 31.7 Å². The fourth-order valence-electron chi connectivity index (χ4n) is 2.59. The first-order valence-electron chi connectivity index (χ1n) is 5.28. The monoisotopic (exact) mass is 263 g/mol. The van der Waals surface area contributed by atoms with Gasteiger partial charge in [-0.3, -0.25) is 4.79 Å². The molecule has 0 aliphatic carbocycles. The van der Waals surface area contributed by atoms with Crippen LogP contribution in [0.15, 0.2) is 0 Å². The van der Waals surface area contributed by atoms with Gasteiger partial charge in [0.1, 0.15) is 0 Å². The van der Waals surface area contributed by atoms with Crippen molar-refractivity contribution in [3.05, 3.63) is 0 Å². The number of carbonyl (C=O) groups is 1. The Kier molecular flexibility index (Phi) is 3.95. The molecule has 0 amide bonds. The normalized spacial score (nSPS) is 34.8. The minimum absolute atomic E-state index is 0. The quantitative estimate of drug-likeness (QED) is 0.528. The second kappa shape index (κ2) is 4.62. The van der Waals surface area contributed by atoms with Crippen molar-refractivity contribution in [3.8, 4) is 0 Å². The van der Waals surface area contributed by atoms with Gasteiger partial charge < -0.3 is 26.6 Å². The molecule has 3 nitrogen and oxygen atoms in total. The van der Waals surface area contributed by atoms with Gasteiger partial charge in [-0.05, 0) is 6.92 Å². The van der Waals surface area contributed by atoms with E-state index in [1.807, 2.05) is 6.92 Å². The number of rotatable bonds is 2. The summed E-state index contributed by atoms with van der Waals surface area (Å²) < 4.78 is 5.15. The Labute approximate surface area is 95.6 Å². The number of piperidine rings is 3. The van der Waals surface area contributed by atoms with Crippen LogP contribution in [0.1, 0.15) is 26.2 Å². The number of ether oxygens (including phenoxy) is 1. The zero-order valence-electron chi connectivity index (χ0n) is 8.64. The number of halogens is 1. The lowest BCUT2D eigenvalue weighted by molar-refractivity contribution is -0.918. The third-order valence-corrected chi connectivity index (χ3v) is 3.58. The number of esters is 1. The lowest BCUT2D eigenvalue weighted by atomic mass is 9.72. The van der Waals surface area contributed by atoms with E-state index in [4.69, 9.17) is 4.74 Å². The van der Waals surface area contributed by atoms with Crippen molar-refractivity contribution in [2.75, 3.05) is 26.2 Å². The molecular weight excluding hydrogens is 246 g/mol. The molecule has 0 aromatic rings. The molecular formula is C10H18BrNO2. The minimum Gasteiger partial charge on any atom is -1.00 e.